The Labute approximate surface area is 130 Å². The topological polar surface area (TPSA) is 53.3 Å². The van der Waals surface area contributed by atoms with Crippen molar-refractivity contribution in [2.75, 3.05) is 19.7 Å². The Morgan fingerprint density at radius 3 is 2.82 bits per heavy atom. The largest absolute Gasteiger partial charge is 0.466 e. The molecule has 1 saturated heterocycles. The second-order valence-corrected chi connectivity index (χ2v) is 5.65. The van der Waals surface area contributed by atoms with E-state index in [1.165, 1.54) is 6.07 Å². The Hall–Kier alpha value is -1.93. The van der Waals surface area contributed by atoms with Crippen molar-refractivity contribution < 1.29 is 13.9 Å². The molecule has 0 aromatic heterocycles. The van der Waals surface area contributed by atoms with Gasteiger partial charge in [0.15, 0.2) is 0 Å². The number of carbonyl (C=O) groups excluding carboxylic acids is 1. The maximum atomic E-state index is 13.3. The van der Waals surface area contributed by atoms with E-state index in [1.54, 1.807) is 12.1 Å². The second-order valence-electron chi connectivity index (χ2n) is 5.65. The number of nitrogens with zero attached hydrogens (tertiary/aromatic N) is 2. The lowest BCUT2D eigenvalue weighted by Gasteiger charge is -2.31. The fourth-order valence-electron chi connectivity index (χ4n) is 2.82. The number of halogens is 1. The summed E-state index contributed by atoms with van der Waals surface area (Å²) in [5, 5.41) is 8.86. The smallest absolute Gasteiger partial charge is 0.306 e. The molecule has 118 valence electrons. The molecule has 2 rings (SSSR count). The van der Waals surface area contributed by atoms with Gasteiger partial charge in [-0.3, -0.25) is 9.69 Å². The molecule has 0 N–H and O–H groups in total. The van der Waals surface area contributed by atoms with E-state index >= 15 is 0 Å². The first-order valence-electron chi connectivity index (χ1n) is 7.69. The molecule has 0 radical (unpaired) electrons. The first-order chi connectivity index (χ1) is 10.6. The quantitative estimate of drug-likeness (QED) is 0.785. The van der Waals surface area contributed by atoms with Crippen LogP contribution in [0.4, 0.5) is 4.39 Å². The van der Waals surface area contributed by atoms with Gasteiger partial charge in [-0.15, -0.1) is 0 Å². The summed E-state index contributed by atoms with van der Waals surface area (Å²) in [6, 6.07) is 6.55. The van der Waals surface area contributed by atoms with Crippen molar-refractivity contribution in [3.63, 3.8) is 0 Å². The number of ether oxygens (including phenoxy) is 1. The highest BCUT2D eigenvalue weighted by Crippen LogP contribution is 2.22. The van der Waals surface area contributed by atoms with Crippen LogP contribution in [-0.2, 0) is 16.1 Å². The predicted octanol–water partition coefficient (Wildman–Crippen LogP) is 2.86. The van der Waals surface area contributed by atoms with Gasteiger partial charge in [0.2, 0.25) is 0 Å². The average Bonchev–Trinajstić information content (AvgIpc) is 2.51. The zero-order chi connectivity index (χ0) is 15.9. The summed E-state index contributed by atoms with van der Waals surface area (Å²) < 4.78 is 18.3. The van der Waals surface area contributed by atoms with Gasteiger partial charge in [0.25, 0.3) is 0 Å². The molecule has 5 heteroatoms. The lowest BCUT2D eigenvalue weighted by atomic mass is 9.93. The lowest BCUT2D eigenvalue weighted by molar-refractivity contribution is -0.144. The van der Waals surface area contributed by atoms with Crippen LogP contribution in [0.2, 0.25) is 0 Å². The van der Waals surface area contributed by atoms with Crippen molar-refractivity contribution >= 4 is 5.97 Å². The second kappa shape index (κ2) is 7.90. The molecule has 1 aliphatic rings. The van der Waals surface area contributed by atoms with Crippen LogP contribution in [0, 0.1) is 23.1 Å². The molecule has 1 aromatic carbocycles. The number of carbonyl (C=O) groups is 1. The predicted molar refractivity (Wildman–Crippen MR) is 80.4 cm³/mol. The zero-order valence-corrected chi connectivity index (χ0v) is 12.8. The molecule has 0 spiro atoms. The first-order valence-corrected chi connectivity index (χ1v) is 7.69. The van der Waals surface area contributed by atoms with Gasteiger partial charge in [-0.2, -0.15) is 5.26 Å². The minimum atomic E-state index is -0.473. The summed E-state index contributed by atoms with van der Waals surface area (Å²) in [5.74, 6) is -0.198. The summed E-state index contributed by atoms with van der Waals surface area (Å²) in [4.78, 5) is 13.8. The number of benzene rings is 1. The van der Waals surface area contributed by atoms with Crippen LogP contribution in [0.3, 0.4) is 0 Å². The number of nitriles is 1. The highest BCUT2D eigenvalue weighted by molar-refractivity contribution is 5.69. The van der Waals surface area contributed by atoms with Gasteiger partial charge in [0.05, 0.1) is 12.2 Å². The zero-order valence-electron chi connectivity index (χ0n) is 12.8. The molecule has 0 saturated carbocycles. The minimum Gasteiger partial charge on any atom is -0.466 e. The lowest BCUT2D eigenvalue weighted by Crippen LogP contribution is -2.34. The van der Waals surface area contributed by atoms with Crippen LogP contribution in [0.15, 0.2) is 18.2 Å². The molecule has 1 aromatic rings. The van der Waals surface area contributed by atoms with Crippen LogP contribution in [0.1, 0.15) is 37.3 Å². The van der Waals surface area contributed by atoms with Gasteiger partial charge in [-0.05, 0) is 56.5 Å². The Bertz CT molecular complexity index is 560. The normalized spacial score (nSPS) is 16.2. The molecule has 1 aliphatic heterocycles. The molecule has 0 aliphatic carbocycles. The molecule has 0 unspecified atom stereocenters. The average molecular weight is 304 g/mol. The molecule has 22 heavy (non-hydrogen) atoms. The number of rotatable bonds is 5. The summed E-state index contributed by atoms with van der Waals surface area (Å²) >= 11 is 0. The highest BCUT2D eigenvalue weighted by atomic mass is 19.1. The molecule has 0 atom stereocenters. The Morgan fingerprint density at radius 2 is 2.18 bits per heavy atom. The standard InChI is InChI=1S/C17H21FN2O2/c1-2-22-17(21)10-13-5-7-20(8-6-13)12-14-3-4-16(18)15(9-14)11-19/h3-4,9,13H,2,5-8,10,12H2,1H3. The SMILES string of the molecule is CCOC(=O)CC1CCN(Cc2ccc(F)c(C#N)c2)CC1. The Morgan fingerprint density at radius 1 is 1.45 bits per heavy atom. The van der Waals surface area contributed by atoms with Crippen LogP contribution < -0.4 is 0 Å². The third kappa shape index (κ3) is 4.54. The third-order valence-corrected chi connectivity index (χ3v) is 4.03. The molecule has 0 bridgehead atoms. The van der Waals surface area contributed by atoms with E-state index in [0.29, 0.717) is 25.5 Å². The van der Waals surface area contributed by atoms with E-state index in [2.05, 4.69) is 4.90 Å². The monoisotopic (exact) mass is 304 g/mol. The van der Waals surface area contributed by atoms with E-state index in [1.807, 2.05) is 13.0 Å². The number of piperidine rings is 1. The van der Waals surface area contributed by atoms with Crippen LogP contribution in [-0.4, -0.2) is 30.6 Å². The summed E-state index contributed by atoms with van der Waals surface area (Å²) in [7, 11) is 0. The fraction of sp³-hybridized carbons (Fsp3) is 0.529. The van der Waals surface area contributed by atoms with Crippen molar-refractivity contribution in [3.8, 4) is 6.07 Å². The Balaban J connectivity index is 1.82. The van der Waals surface area contributed by atoms with Crippen molar-refractivity contribution in [3.05, 3.63) is 35.1 Å². The molecule has 1 heterocycles. The van der Waals surface area contributed by atoms with Crippen LogP contribution in [0.25, 0.3) is 0 Å². The number of hydrogen-bond acceptors (Lipinski definition) is 4. The van der Waals surface area contributed by atoms with Crippen molar-refractivity contribution in [1.29, 1.82) is 5.26 Å². The van der Waals surface area contributed by atoms with Crippen LogP contribution >= 0.6 is 0 Å². The van der Waals surface area contributed by atoms with Crippen LogP contribution in [0.5, 0.6) is 0 Å². The molecular formula is C17H21FN2O2. The van der Waals surface area contributed by atoms with Crippen molar-refractivity contribution in [1.82, 2.24) is 4.90 Å². The number of hydrogen-bond donors (Lipinski definition) is 0. The molecule has 1 fully saturated rings. The fourth-order valence-corrected chi connectivity index (χ4v) is 2.82. The summed E-state index contributed by atoms with van der Waals surface area (Å²) in [5.41, 5.74) is 1.04. The van der Waals surface area contributed by atoms with E-state index in [0.717, 1.165) is 31.5 Å². The van der Waals surface area contributed by atoms with E-state index in [9.17, 15) is 9.18 Å². The molecule has 4 nitrogen and oxygen atoms in total. The van der Waals surface area contributed by atoms with Gasteiger partial charge < -0.3 is 4.74 Å². The number of likely N-dealkylation sites (tertiary alicyclic amines) is 1. The maximum Gasteiger partial charge on any atom is 0.306 e. The van der Waals surface area contributed by atoms with Crippen molar-refractivity contribution in [2.24, 2.45) is 5.92 Å². The van der Waals surface area contributed by atoms with Gasteiger partial charge in [0.1, 0.15) is 11.9 Å². The van der Waals surface area contributed by atoms with E-state index in [4.69, 9.17) is 10.00 Å². The third-order valence-electron chi connectivity index (χ3n) is 4.03. The van der Waals surface area contributed by atoms with Gasteiger partial charge >= 0.3 is 5.97 Å². The van der Waals surface area contributed by atoms with E-state index in [-0.39, 0.29) is 11.5 Å². The Kier molecular flexibility index (Phi) is 5.91. The molecule has 0 amide bonds. The summed E-state index contributed by atoms with van der Waals surface area (Å²) in [6.07, 6.45) is 2.42. The first kappa shape index (κ1) is 16.4. The minimum absolute atomic E-state index is 0.0923. The van der Waals surface area contributed by atoms with Gasteiger partial charge in [-0.25, -0.2) is 4.39 Å². The highest BCUT2D eigenvalue weighted by Gasteiger charge is 2.22. The number of esters is 1. The van der Waals surface area contributed by atoms with Gasteiger partial charge in [-0.1, -0.05) is 6.07 Å². The molecular weight excluding hydrogens is 283 g/mol. The summed E-state index contributed by atoms with van der Waals surface area (Å²) in [6.45, 7) is 4.77. The maximum absolute atomic E-state index is 13.3. The van der Waals surface area contributed by atoms with Crippen molar-refractivity contribution in [2.45, 2.75) is 32.7 Å². The van der Waals surface area contributed by atoms with Gasteiger partial charge in [0, 0.05) is 13.0 Å². The van der Waals surface area contributed by atoms with E-state index < -0.39 is 5.82 Å².